The second-order valence-electron chi connectivity index (χ2n) is 4.12. The Balaban J connectivity index is 2.54. The minimum absolute atomic E-state index is 0.0335. The third-order valence-electron chi connectivity index (χ3n) is 2.57. The minimum Gasteiger partial charge on any atom is -0.469 e. The molecule has 1 fully saturated rings. The van der Waals surface area contributed by atoms with E-state index < -0.39 is 16.2 Å². The van der Waals surface area contributed by atoms with Crippen LogP contribution in [0.2, 0.25) is 0 Å². The van der Waals surface area contributed by atoms with Gasteiger partial charge in [0.2, 0.25) is 0 Å². The lowest BCUT2D eigenvalue weighted by atomic mass is 10.4. The molecule has 1 saturated carbocycles. The first-order chi connectivity index (χ1) is 8.49. The molecule has 0 saturated heterocycles. The molecule has 0 atom stereocenters. The quantitative estimate of drug-likeness (QED) is 0.575. The SMILES string of the molecule is COCCN(CCC(=O)OC)S(=O)(=O)NC1CC1. The van der Waals surface area contributed by atoms with E-state index in [0.29, 0.717) is 0 Å². The highest BCUT2D eigenvalue weighted by Gasteiger charge is 2.31. The van der Waals surface area contributed by atoms with Crippen molar-refractivity contribution >= 4 is 16.2 Å². The van der Waals surface area contributed by atoms with Crippen LogP contribution < -0.4 is 4.72 Å². The van der Waals surface area contributed by atoms with E-state index in [1.54, 1.807) is 0 Å². The highest BCUT2D eigenvalue weighted by Crippen LogP contribution is 2.20. The number of carbonyl (C=O) groups excluding carboxylic acids is 1. The van der Waals surface area contributed by atoms with Gasteiger partial charge >= 0.3 is 5.97 Å². The number of esters is 1. The molecule has 106 valence electrons. The van der Waals surface area contributed by atoms with Crippen molar-refractivity contribution in [2.75, 3.05) is 33.9 Å². The van der Waals surface area contributed by atoms with E-state index in [2.05, 4.69) is 9.46 Å². The molecule has 7 nitrogen and oxygen atoms in total. The lowest BCUT2D eigenvalue weighted by Crippen LogP contribution is -2.44. The summed E-state index contributed by atoms with van der Waals surface area (Å²) in [5.41, 5.74) is 0. The number of methoxy groups -OCH3 is 2. The van der Waals surface area contributed by atoms with E-state index in [9.17, 15) is 13.2 Å². The van der Waals surface area contributed by atoms with Crippen LogP contribution in [0.4, 0.5) is 0 Å². The van der Waals surface area contributed by atoms with Crippen LogP contribution in [0.15, 0.2) is 0 Å². The molecule has 8 heteroatoms. The Morgan fingerprint density at radius 1 is 1.33 bits per heavy atom. The normalized spacial score (nSPS) is 15.9. The fourth-order valence-electron chi connectivity index (χ4n) is 1.35. The van der Waals surface area contributed by atoms with E-state index in [-0.39, 0.29) is 32.2 Å². The van der Waals surface area contributed by atoms with Gasteiger partial charge in [0, 0.05) is 26.2 Å². The molecular weight excluding hydrogens is 260 g/mol. The summed E-state index contributed by atoms with van der Waals surface area (Å²) < 4.78 is 37.1. The summed E-state index contributed by atoms with van der Waals surface area (Å²) in [6.07, 6.45) is 1.77. The van der Waals surface area contributed by atoms with Crippen molar-refractivity contribution < 1.29 is 22.7 Å². The summed E-state index contributed by atoms with van der Waals surface area (Å²) >= 11 is 0. The fourth-order valence-corrected chi connectivity index (χ4v) is 2.80. The first kappa shape index (κ1) is 15.4. The van der Waals surface area contributed by atoms with Crippen LogP contribution in [0.1, 0.15) is 19.3 Å². The third-order valence-corrected chi connectivity index (χ3v) is 4.25. The summed E-state index contributed by atoms with van der Waals surface area (Å²) in [4.78, 5) is 11.1. The van der Waals surface area contributed by atoms with Crippen molar-refractivity contribution in [3.05, 3.63) is 0 Å². The molecule has 1 aliphatic rings. The second-order valence-corrected chi connectivity index (χ2v) is 5.82. The van der Waals surface area contributed by atoms with E-state index in [4.69, 9.17) is 4.74 Å². The molecule has 0 spiro atoms. The van der Waals surface area contributed by atoms with Crippen LogP contribution in [0, 0.1) is 0 Å². The minimum atomic E-state index is -3.54. The monoisotopic (exact) mass is 280 g/mol. The zero-order valence-corrected chi connectivity index (χ0v) is 11.5. The van der Waals surface area contributed by atoms with E-state index >= 15 is 0 Å². The predicted octanol–water partition coefficient (Wildman–Crippen LogP) is -0.505. The molecule has 0 aromatic rings. The molecule has 0 radical (unpaired) electrons. The van der Waals surface area contributed by atoms with Gasteiger partial charge in [-0.05, 0) is 12.8 Å². The summed E-state index contributed by atoms with van der Waals surface area (Å²) in [6.45, 7) is 0.598. The Kier molecular flexibility index (Phi) is 6.00. The van der Waals surface area contributed by atoms with E-state index in [1.165, 1.54) is 18.5 Å². The Morgan fingerprint density at radius 2 is 2.00 bits per heavy atom. The van der Waals surface area contributed by atoms with Gasteiger partial charge in [-0.3, -0.25) is 4.79 Å². The number of nitrogens with one attached hydrogen (secondary N) is 1. The van der Waals surface area contributed by atoms with Crippen LogP contribution in [-0.2, 0) is 24.5 Å². The average Bonchev–Trinajstić information content (AvgIpc) is 3.11. The Labute approximate surface area is 108 Å². The van der Waals surface area contributed by atoms with E-state index in [0.717, 1.165) is 12.8 Å². The average molecular weight is 280 g/mol. The maximum Gasteiger partial charge on any atom is 0.306 e. The number of nitrogens with zero attached hydrogens (tertiary/aromatic N) is 1. The van der Waals surface area contributed by atoms with Crippen molar-refractivity contribution in [1.29, 1.82) is 0 Å². The molecule has 0 aliphatic heterocycles. The summed E-state index contributed by atoms with van der Waals surface area (Å²) in [6, 6.07) is 0.0400. The number of carbonyl (C=O) groups is 1. The fraction of sp³-hybridized carbons (Fsp3) is 0.900. The topological polar surface area (TPSA) is 84.9 Å². The zero-order valence-electron chi connectivity index (χ0n) is 10.7. The van der Waals surface area contributed by atoms with Crippen molar-refractivity contribution in [1.82, 2.24) is 9.03 Å². The Morgan fingerprint density at radius 3 is 2.50 bits per heavy atom. The highest BCUT2D eigenvalue weighted by atomic mass is 32.2. The van der Waals surface area contributed by atoms with Crippen molar-refractivity contribution in [3.8, 4) is 0 Å². The third kappa shape index (κ3) is 5.30. The van der Waals surface area contributed by atoms with E-state index in [1.807, 2.05) is 0 Å². The molecule has 0 aromatic heterocycles. The highest BCUT2D eigenvalue weighted by molar-refractivity contribution is 7.87. The number of ether oxygens (including phenoxy) is 2. The molecule has 0 unspecified atom stereocenters. The summed E-state index contributed by atoms with van der Waals surface area (Å²) in [5.74, 6) is -0.431. The molecule has 0 amide bonds. The lowest BCUT2D eigenvalue weighted by Gasteiger charge is -2.21. The lowest BCUT2D eigenvalue weighted by molar-refractivity contribution is -0.140. The van der Waals surface area contributed by atoms with Crippen LogP contribution >= 0.6 is 0 Å². The van der Waals surface area contributed by atoms with Gasteiger partial charge in [-0.2, -0.15) is 17.4 Å². The molecule has 1 rings (SSSR count). The number of hydrogen-bond acceptors (Lipinski definition) is 5. The second kappa shape index (κ2) is 7.03. The molecule has 1 N–H and O–H groups in total. The first-order valence-electron chi connectivity index (χ1n) is 5.82. The molecule has 0 aromatic carbocycles. The van der Waals surface area contributed by atoms with Crippen molar-refractivity contribution in [3.63, 3.8) is 0 Å². The maximum atomic E-state index is 12.0. The van der Waals surface area contributed by atoms with Gasteiger partial charge < -0.3 is 9.47 Å². The Hall–Kier alpha value is -0.700. The van der Waals surface area contributed by atoms with Gasteiger partial charge in [0.05, 0.1) is 20.1 Å². The van der Waals surface area contributed by atoms with Crippen molar-refractivity contribution in [2.45, 2.75) is 25.3 Å². The van der Waals surface area contributed by atoms with Gasteiger partial charge in [-0.1, -0.05) is 0 Å². The molecule has 18 heavy (non-hydrogen) atoms. The molecule has 0 heterocycles. The van der Waals surface area contributed by atoms with Gasteiger partial charge in [-0.25, -0.2) is 0 Å². The van der Waals surface area contributed by atoms with Crippen molar-refractivity contribution in [2.24, 2.45) is 0 Å². The van der Waals surface area contributed by atoms with Crippen LogP contribution in [0.25, 0.3) is 0 Å². The summed E-state index contributed by atoms with van der Waals surface area (Å²) in [7, 11) is -0.764. The molecular formula is C10H20N2O5S. The Bertz CT molecular complexity index is 366. The maximum absolute atomic E-state index is 12.0. The smallest absolute Gasteiger partial charge is 0.306 e. The number of hydrogen-bond donors (Lipinski definition) is 1. The summed E-state index contributed by atoms with van der Waals surface area (Å²) in [5, 5.41) is 0. The van der Waals surface area contributed by atoms with Crippen LogP contribution in [0.3, 0.4) is 0 Å². The first-order valence-corrected chi connectivity index (χ1v) is 7.26. The zero-order chi connectivity index (χ0) is 13.6. The molecule has 1 aliphatic carbocycles. The van der Waals surface area contributed by atoms with Gasteiger partial charge in [0.15, 0.2) is 0 Å². The largest absolute Gasteiger partial charge is 0.469 e. The standard InChI is InChI=1S/C10H20N2O5S/c1-16-8-7-12(6-5-10(13)17-2)18(14,15)11-9-3-4-9/h9,11H,3-8H2,1-2H3. The predicted molar refractivity (Wildman–Crippen MR) is 65.2 cm³/mol. The number of rotatable bonds is 9. The van der Waals surface area contributed by atoms with Gasteiger partial charge in [0.25, 0.3) is 10.2 Å². The van der Waals surface area contributed by atoms with Gasteiger partial charge in [0.1, 0.15) is 0 Å². The van der Waals surface area contributed by atoms with Crippen LogP contribution in [0.5, 0.6) is 0 Å². The van der Waals surface area contributed by atoms with Crippen LogP contribution in [-0.4, -0.2) is 58.7 Å². The molecule has 0 bridgehead atoms. The van der Waals surface area contributed by atoms with Gasteiger partial charge in [-0.15, -0.1) is 0 Å².